The van der Waals surface area contributed by atoms with Crippen LogP contribution in [0.5, 0.6) is 0 Å². The zero-order chi connectivity index (χ0) is 24.6. The van der Waals surface area contributed by atoms with E-state index < -0.39 is 9.84 Å². The molecule has 1 saturated carbocycles. The Morgan fingerprint density at radius 1 is 1.03 bits per heavy atom. The van der Waals surface area contributed by atoms with E-state index in [4.69, 9.17) is 9.72 Å². The molecule has 0 bridgehead atoms. The summed E-state index contributed by atoms with van der Waals surface area (Å²) in [6, 6.07) is 11.7. The predicted molar refractivity (Wildman–Crippen MR) is 136 cm³/mol. The number of aliphatic hydroxyl groups is 1. The van der Waals surface area contributed by atoms with Gasteiger partial charge in [-0.1, -0.05) is 29.5 Å². The molecule has 0 radical (unpaired) electrons. The lowest BCUT2D eigenvalue weighted by Gasteiger charge is -2.28. The molecule has 3 aromatic rings. The maximum atomic E-state index is 13.4. The Morgan fingerprint density at radius 3 is 2.49 bits per heavy atom. The molecule has 0 atom stereocenters. The Kier molecular flexibility index (Phi) is 6.56. The van der Waals surface area contributed by atoms with Gasteiger partial charge in [0.15, 0.2) is 5.13 Å². The number of pyridine rings is 1. The normalized spacial score (nSPS) is 21.8. The maximum Gasteiger partial charge on any atom is 0.206 e. The van der Waals surface area contributed by atoms with Crippen molar-refractivity contribution in [2.75, 3.05) is 10.6 Å². The lowest BCUT2D eigenvalue weighted by atomic mass is 9.93. The second kappa shape index (κ2) is 9.50. The SMILES string of the molecule is CC1(C)Cc2nc(Nc3cc(S(=O)(=O)c4ccccc4)cc(NC4CCC(O)CC4)n3)sc2CO1. The number of hydrogen-bond acceptors (Lipinski definition) is 9. The van der Waals surface area contributed by atoms with Gasteiger partial charge in [-0.2, -0.15) is 0 Å². The number of anilines is 3. The third kappa shape index (κ3) is 5.50. The Balaban J connectivity index is 1.47. The maximum absolute atomic E-state index is 13.4. The summed E-state index contributed by atoms with van der Waals surface area (Å²) in [7, 11) is -3.74. The molecule has 0 spiro atoms. The lowest BCUT2D eigenvalue weighted by molar-refractivity contribution is -0.0393. The summed E-state index contributed by atoms with van der Waals surface area (Å²) in [5.41, 5.74) is 0.742. The van der Waals surface area contributed by atoms with Gasteiger partial charge in [0.1, 0.15) is 11.6 Å². The Hall–Kier alpha value is -2.53. The van der Waals surface area contributed by atoms with Crippen LogP contribution < -0.4 is 10.6 Å². The van der Waals surface area contributed by atoms with E-state index in [0.29, 0.717) is 36.2 Å². The minimum absolute atomic E-state index is 0.125. The van der Waals surface area contributed by atoms with E-state index in [0.717, 1.165) is 29.8 Å². The van der Waals surface area contributed by atoms with Gasteiger partial charge >= 0.3 is 0 Å². The molecule has 2 aliphatic rings. The zero-order valence-corrected chi connectivity index (χ0v) is 21.5. The fourth-order valence-corrected chi connectivity index (χ4v) is 6.70. The quantitative estimate of drug-likeness (QED) is 0.435. The first kappa shape index (κ1) is 24.2. The van der Waals surface area contributed by atoms with Crippen LogP contribution in [0.4, 0.5) is 16.8 Å². The number of nitrogens with one attached hydrogen (secondary N) is 2. The Labute approximate surface area is 209 Å². The minimum atomic E-state index is -3.74. The third-order valence-electron chi connectivity index (χ3n) is 6.41. The molecule has 3 heterocycles. The summed E-state index contributed by atoms with van der Waals surface area (Å²) in [6.45, 7) is 4.60. The molecule has 2 aromatic heterocycles. The van der Waals surface area contributed by atoms with Crippen molar-refractivity contribution in [2.24, 2.45) is 0 Å². The molecule has 0 unspecified atom stereocenters. The van der Waals surface area contributed by atoms with Gasteiger partial charge in [0.25, 0.3) is 0 Å². The van der Waals surface area contributed by atoms with Crippen LogP contribution in [-0.2, 0) is 27.6 Å². The standard InChI is InChI=1S/C25H30N4O4S2/c1-25(2)14-20-21(15-33-25)34-24(27-20)29-23-13-19(35(31,32)18-6-4-3-5-7-18)12-22(28-23)26-16-8-10-17(30)11-9-16/h3-7,12-13,16-17,30H,8-11,14-15H2,1-2H3,(H2,26,27,28,29). The van der Waals surface area contributed by atoms with Crippen LogP contribution in [-0.4, -0.2) is 41.2 Å². The molecule has 1 fully saturated rings. The minimum Gasteiger partial charge on any atom is -0.393 e. The first-order chi connectivity index (χ1) is 16.7. The predicted octanol–water partition coefficient (Wildman–Crippen LogP) is 4.68. The van der Waals surface area contributed by atoms with Crippen LogP contribution in [0.1, 0.15) is 50.1 Å². The molecule has 1 aliphatic heterocycles. The van der Waals surface area contributed by atoms with Crippen molar-refractivity contribution in [3.05, 3.63) is 53.0 Å². The summed E-state index contributed by atoms with van der Waals surface area (Å²) in [5, 5.41) is 17.1. The van der Waals surface area contributed by atoms with Crippen LogP contribution in [0, 0.1) is 0 Å². The molecule has 0 amide bonds. The van der Waals surface area contributed by atoms with Crippen molar-refractivity contribution >= 4 is 37.9 Å². The first-order valence-corrected chi connectivity index (χ1v) is 14.1. The topological polar surface area (TPSA) is 113 Å². The molecular formula is C25H30N4O4S2. The molecule has 0 saturated heterocycles. The number of thiazole rings is 1. The number of aliphatic hydroxyl groups excluding tert-OH is 1. The summed E-state index contributed by atoms with van der Waals surface area (Å²) < 4.78 is 32.7. The van der Waals surface area contributed by atoms with Crippen molar-refractivity contribution < 1.29 is 18.3 Å². The largest absolute Gasteiger partial charge is 0.393 e. The van der Waals surface area contributed by atoms with E-state index >= 15 is 0 Å². The van der Waals surface area contributed by atoms with E-state index in [-0.39, 0.29) is 27.5 Å². The molecule has 1 aliphatic carbocycles. The molecule has 5 rings (SSSR count). The van der Waals surface area contributed by atoms with Crippen molar-refractivity contribution in [1.82, 2.24) is 9.97 Å². The van der Waals surface area contributed by atoms with Gasteiger partial charge in [-0.15, -0.1) is 0 Å². The fourth-order valence-electron chi connectivity index (χ4n) is 4.48. The van der Waals surface area contributed by atoms with Gasteiger partial charge in [0.05, 0.1) is 38.7 Å². The average molecular weight is 515 g/mol. The van der Waals surface area contributed by atoms with Crippen LogP contribution >= 0.6 is 11.3 Å². The highest BCUT2D eigenvalue weighted by atomic mass is 32.2. The van der Waals surface area contributed by atoms with E-state index in [1.807, 2.05) is 13.8 Å². The highest BCUT2D eigenvalue weighted by Crippen LogP contribution is 2.35. The zero-order valence-electron chi connectivity index (χ0n) is 19.8. The second-order valence-electron chi connectivity index (χ2n) is 9.78. The number of rotatable bonds is 6. The fraction of sp³-hybridized carbons (Fsp3) is 0.440. The van der Waals surface area contributed by atoms with Crippen LogP contribution in [0.25, 0.3) is 0 Å². The Morgan fingerprint density at radius 2 is 1.74 bits per heavy atom. The molecule has 1 aromatic carbocycles. The van der Waals surface area contributed by atoms with Crippen molar-refractivity contribution in [3.63, 3.8) is 0 Å². The smallest absolute Gasteiger partial charge is 0.206 e. The van der Waals surface area contributed by atoms with Gasteiger partial charge in [-0.05, 0) is 57.7 Å². The number of ether oxygens (including phenoxy) is 1. The summed E-state index contributed by atoms with van der Waals surface area (Å²) in [4.78, 5) is 10.9. The molecule has 8 nitrogen and oxygen atoms in total. The number of benzene rings is 1. The summed E-state index contributed by atoms with van der Waals surface area (Å²) >= 11 is 1.50. The van der Waals surface area contributed by atoms with E-state index in [9.17, 15) is 13.5 Å². The van der Waals surface area contributed by atoms with Gasteiger partial charge in [-0.25, -0.2) is 18.4 Å². The summed E-state index contributed by atoms with van der Waals surface area (Å²) in [6.07, 6.45) is 3.48. The lowest BCUT2D eigenvalue weighted by Crippen LogP contribution is -2.31. The third-order valence-corrected chi connectivity index (χ3v) is 9.15. The molecular weight excluding hydrogens is 484 g/mol. The molecule has 35 heavy (non-hydrogen) atoms. The monoisotopic (exact) mass is 514 g/mol. The number of hydrogen-bond donors (Lipinski definition) is 3. The average Bonchev–Trinajstić information content (AvgIpc) is 3.21. The van der Waals surface area contributed by atoms with Gasteiger partial charge in [0.2, 0.25) is 9.84 Å². The number of sulfone groups is 1. The van der Waals surface area contributed by atoms with Crippen molar-refractivity contribution in [3.8, 4) is 0 Å². The second-order valence-corrected chi connectivity index (χ2v) is 12.8. The van der Waals surface area contributed by atoms with Crippen molar-refractivity contribution in [2.45, 2.75) is 80.1 Å². The molecule has 10 heteroatoms. The highest BCUT2D eigenvalue weighted by molar-refractivity contribution is 7.91. The molecule has 3 N–H and O–H groups in total. The van der Waals surface area contributed by atoms with E-state index in [2.05, 4.69) is 15.6 Å². The number of nitrogens with zero attached hydrogens (tertiary/aromatic N) is 2. The van der Waals surface area contributed by atoms with Gasteiger partial charge < -0.3 is 20.5 Å². The van der Waals surface area contributed by atoms with Crippen LogP contribution in [0.15, 0.2) is 52.3 Å². The van der Waals surface area contributed by atoms with E-state index in [1.54, 1.807) is 42.5 Å². The van der Waals surface area contributed by atoms with E-state index in [1.165, 1.54) is 11.3 Å². The van der Waals surface area contributed by atoms with Gasteiger partial charge in [0, 0.05) is 18.5 Å². The highest BCUT2D eigenvalue weighted by Gasteiger charge is 2.29. The Bertz CT molecular complexity index is 1300. The first-order valence-electron chi connectivity index (χ1n) is 11.8. The number of fused-ring (bicyclic) bond motifs is 1. The number of aromatic nitrogens is 2. The van der Waals surface area contributed by atoms with Crippen LogP contribution in [0.3, 0.4) is 0 Å². The van der Waals surface area contributed by atoms with Gasteiger partial charge in [-0.3, -0.25) is 0 Å². The van der Waals surface area contributed by atoms with Crippen LogP contribution in [0.2, 0.25) is 0 Å². The van der Waals surface area contributed by atoms with Crippen molar-refractivity contribution in [1.29, 1.82) is 0 Å². The summed E-state index contributed by atoms with van der Waals surface area (Å²) in [5.74, 6) is 0.892. The molecule has 186 valence electrons.